The highest BCUT2D eigenvalue weighted by atomic mass is 16.2. The van der Waals surface area contributed by atoms with Crippen molar-refractivity contribution in [3.8, 4) is 0 Å². The second-order valence-electron chi connectivity index (χ2n) is 5.65. The highest BCUT2D eigenvalue weighted by molar-refractivity contribution is 6.09. The van der Waals surface area contributed by atoms with Gasteiger partial charge in [-0.1, -0.05) is 36.8 Å². The minimum Gasteiger partial charge on any atom is -0.350 e. The maximum absolute atomic E-state index is 12.3. The number of amides is 2. The average molecular weight is 310 g/mol. The zero-order chi connectivity index (χ0) is 16.8. The fraction of sp³-hybridized carbons (Fsp3) is 0.263. The molecule has 0 radical (unpaired) electrons. The fourth-order valence-corrected chi connectivity index (χ4v) is 2.09. The number of anilines is 1. The fourth-order valence-electron chi connectivity index (χ4n) is 2.09. The minimum absolute atomic E-state index is 0.0864. The van der Waals surface area contributed by atoms with E-state index in [4.69, 9.17) is 0 Å². The second kappa shape index (κ2) is 7.58. The van der Waals surface area contributed by atoms with E-state index in [2.05, 4.69) is 10.6 Å². The molecule has 2 aromatic rings. The lowest BCUT2D eigenvalue weighted by molar-refractivity contribution is 0.0940. The molecule has 1 atom stereocenters. The summed E-state index contributed by atoms with van der Waals surface area (Å²) in [6.07, 6.45) is 0.851. The number of benzene rings is 2. The predicted octanol–water partition coefficient (Wildman–Crippen LogP) is 3.78. The molecule has 0 bridgehead atoms. The van der Waals surface area contributed by atoms with E-state index in [0.29, 0.717) is 16.8 Å². The molecule has 0 saturated carbocycles. The first kappa shape index (κ1) is 16.7. The van der Waals surface area contributed by atoms with E-state index in [1.807, 2.05) is 32.9 Å². The second-order valence-corrected chi connectivity index (χ2v) is 5.65. The third kappa shape index (κ3) is 4.42. The Kier molecular flexibility index (Phi) is 5.52. The third-order valence-electron chi connectivity index (χ3n) is 3.72. The van der Waals surface area contributed by atoms with Gasteiger partial charge in [0.1, 0.15) is 0 Å². The number of carbonyl (C=O) groups excluding carboxylic acids is 2. The summed E-state index contributed by atoms with van der Waals surface area (Å²) in [6, 6.07) is 14.4. The van der Waals surface area contributed by atoms with Crippen LogP contribution in [-0.4, -0.2) is 17.9 Å². The Morgan fingerprint density at radius 1 is 1.00 bits per heavy atom. The van der Waals surface area contributed by atoms with Crippen molar-refractivity contribution in [1.29, 1.82) is 0 Å². The lowest BCUT2D eigenvalue weighted by Gasteiger charge is -2.14. The van der Waals surface area contributed by atoms with Gasteiger partial charge in [-0.15, -0.1) is 0 Å². The summed E-state index contributed by atoms with van der Waals surface area (Å²) in [5, 5.41) is 5.74. The minimum atomic E-state index is -0.228. The van der Waals surface area contributed by atoms with Gasteiger partial charge < -0.3 is 10.6 Å². The molecule has 2 aromatic carbocycles. The van der Waals surface area contributed by atoms with Gasteiger partial charge >= 0.3 is 0 Å². The summed E-state index contributed by atoms with van der Waals surface area (Å²) in [7, 11) is 0. The SMILES string of the molecule is CC[C@@H](C)NC(=O)c1ccccc1NC(=O)c1ccc(C)cc1. The molecule has 0 aliphatic heterocycles. The van der Waals surface area contributed by atoms with Crippen LogP contribution in [0.2, 0.25) is 0 Å². The molecule has 0 heterocycles. The molecule has 0 saturated heterocycles. The van der Waals surface area contributed by atoms with Gasteiger partial charge in [0, 0.05) is 11.6 Å². The molecule has 0 spiro atoms. The first-order chi connectivity index (χ1) is 11.0. The molecule has 4 nitrogen and oxygen atoms in total. The summed E-state index contributed by atoms with van der Waals surface area (Å²) < 4.78 is 0. The molecular formula is C19H22N2O2. The van der Waals surface area contributed by atoms with E-state index in [0.717, 1.165) is 12.0 Å². The number of carbonyl (C=O) groups is 2. The van der Waals surface area contributed by atoms with Crippen LogP contribution in [0.3, 0.4) is 0 Å². The normalized spacial score (nSPS) is 11.6. The Balaban J connectivity index is 2.18. The lowest BCUT2D eigenvalue weighted by Crippen LogP contribution is -2.32. The van der Waals surface area contributed by atoms with Crippen molar-refractivity contribution >= 4 is 17.5 Å². The monoisotopic (exact) mass is 310 g/mol. The van der Waals surface area contributed by atoms with Crippen LogP contribution in [0.25, 0.3) is 0 Å². The summed E-state index contributed by atoms with van der Waals surface area (Å²) >= 11 is 0. The zero-order valence-electron chi connectivity index (χ0n) is 13.7. The summed E-state index contributed by atoms with van der Waals surface area (Å²) in [5.74, 6) is -0.409. The van der Waals surface area contributed by atoms with Crippen molar-refractivity contribution in [1.82, 2.24) is 5.32 Å². The highest BCUT2D eigenvalue weighted by Gasteiger charge is 2.15. The Morgan fingerprint density at radius 3 is 2.30 bits per heavy atom. The van der Waals surface area contributed by atoms with Crippen LogP contribution in [0.4, 0.5) is 5.69 Å². The molecule has 0 aliphatic carbocycles. The molecule has 4 heteroatoms. The van der Waals surface area contributed by atoms with Crippen molar-refractivity contribution in [3.63, 3.8) is 0 Å². The third-order valence-corrected chi connectivity index (χ3v) is 3.72. The summed E-state index contributed by atoms with van der Waals surface area (Å²) in [6.45, 7) is 5.93. The molecule has 120 valence electrons. The van der Waals surface area contributed by atoms with Crippen molar-refractivity contribution in [2.75, 3.05) is 5.32 Å². The van der Waals surface area contributed by atoms with Crippen LogP contribution >= 0.6 is 0 Å². The van der Waals surface area contributed by atoms with Crippen LogP contribution in [0.15, 0.2) is 48.5 Å². The molecule has 0 unspecified atom stereocenters. The van der Waals surface area contributed by atoms with Crippen LogP contribution in [0.5, 0.6) is 0 Å². The smallest absolute Gasteiger partial charge is 0.255 e. The van der Waals surface area contributed by atoms with Gasteiger partial charge in [0.2, 0.25) is 0 Å². The van der Waals surface area contributed by atoms with Gasteiger partial charge in [0.05, 0.1) is 11.3 Å². The van der Waals surface area contributed by atoms with Crippen molar-refractivity contribution < 1.29 is 9.59 Å². The Hall–Kier alpha value is -2.62. The predicted molar refractivity (Wildman–Crippen MR) is 92.8 cm³/mol. The summed E-state index contributed by atoms with van der Waals surface area (Å²) in [5.41, 5.74) is 2.63. The standard InChI is InChI=1S/C19H22N2O2/c1-4-14(3)20-19(23)16-7-5-6-8-17(16)21-18(22)15-11-9-13(2)10-12-15/h5-12,14H,4H2,1-3H3,(H,20,23)(H,21,22)/t14-/m1/s1. The Bertz CT molecular complexity index is 693. The number of aryl methyl sites for hydroxylation is 1. The Morgan fingerprint density at radius 2 is 1.65 bits per heavy atom. The molecule has 0 fully saturated rings. The van der Waals surface area contributed by atoms with Gasteiger partial charge in [-0.2, -0.15) is 0 Å². The molecule has 0 aliphatic rings. The van der Waals surface area contributed by atoms with Crippen molar-refractivity contribution in [2.24, 2.45) is 0 Å². The molecule has 0 aromatic heterocycles. The van der Waals surface area contributed by atoms with Crippen LogP contribution in [-0.2, 0) is 0 Å². The molecule has 2 amide bonds. The van der Waals surface area contributed by atoms with Crippen LogP contribution in [0, 0.1) is 6.92 Å². The van der Waals surface area contributed by atoms with E-state index in [1.165, 1.54) is 0 Å². The number of hydrogen-bond donors (Lipinski definition) is 2. The van der Waals surface area contributed by atoms with E-state index in [-0.39, 0.29) is 17.9 Å². The van der Waals surface area contributed by atoms with Gasteiger partial charge in [0.15, 0.2) is 0 Å². The average Bonchev–Trinajstić information content (AvgIpc) is 2.55. The number of hydrogen-bond acceptors (Lipinski definition) is 2. The molecule has 2 N–H and O–H groups in total. The van der Waals surface area contributed by atoms with E-state index >= 15 is 0 Å². The first-order valence-electron chi connectivity index (χ1n) is 7.79. The molecular weight excluding hydrogens is 288 g/mol. The first-order valence-corrected chi connectivity index (χ1v) is 7.79. The lowest BCUT2D eigenvalue weighted by atomic mass is 10.1. The topological polar surface area (TPSA) is 58.2 Å². The van der Waals surface area contributed by atoms with E-state index in [9.17, 15) is 9.59 Å². The maximum Gasteiger partial charge on any atom is 0.255 e. The van der Waals surface area contributed by atoms with Gasteiger partial charge in [0.25, 0.3) is 11.8 Å². The van der Waals surface area contributed by atoms with Gasteiger partial charge in [-0.25, -0.2) is 0 Å². The van der Waals surface area contributed by atoms with E-state index < -0.39 is 0 Å². The highest BCUT2D eigenvalue weighted by Crippen LogP contribution is 2.17. The zero-order valence-corrected chi connectivity index (χ0v) is 13.7. The number of nitrogens with one attached hydrogen (secondary N) is 2. The van der Waals surface area contributed by atoms with Crippen molar-refractivity contribution in [3.05, 3.63) is 65.2 Å². The molecule has 23 heavy (non-hydrogen) atoms. The van der Waals surface area contributed by atoms with Gasteiger partial charge in [-0.05, 0) is 44.5 Å². The van der Waals surface area contributed by atoms with Crippen molar-refractivity contribution in [2.45, 2.75) is 33.2 Å². The Labute approximate surface area is 136 Å². The number of rotatable bonds is 5. The molecule has 2 rings (SSSR count). The van der Waals surface area contributed by atoms with E-state index in [1.54, 1.807) is 36.4 Å². The summed E-state index contributed by atoms with van der Waals surface area (Å²) in [4.78, 5) is 24.7. The van der Waals surface area contributed by atoms with Crippen LogP contribution in [0.1, 0.15) is 46.5 Å². The number of para-hydroxylation sites is 1. The van der Waals surface area contributed by atoms with Gasteiger partial charge in [-0.3, -0.25) is 9.59 Å². The maximum atomic E-state index is 12.3. The quantitative estimate of drug-likeness (QED) is 0.883. The van der Waals surface area contributed by atoms with Crippen LogP contribution < -0.4 is 10.6 Å². The largest absolute Gasteiger partial charge is 0.350 e.